The van der Waals surface area contributed by atoms with Crippen molar-refractivity contribution in [1.82, 2.24) is 35.7 Å². The largest absolute Gasteiger partial charge is 0.444 e. The summed E-state index contributed by atoms with van der Waals surface area (Å²) in [7, 11) is 0. The van der Waals surface area contributed by atoms with Gasteiger partial charge in [-0.25, -0.2) is 14.8 Å². The zero-order chi connectivity index (χ0) is 46.1. The number of amides is 3. The van der Waals surface area contributed by atoms with Crippen molar-refractivity contribution in [3.63, 3.8) is 0 Å². The van der Waals surface area contributed by atoms with Crippen LogP contribution in [-0.2, 0) is 15.6 Å². The quantitative estimate of drug-likeness (QED) is 0.0757. The molecule has 0 bridgehead atoms. The summed E-state index contributed by atoms with van der Waals surface area (Å²) in [6, 6.07) is 14.9. The molecule has 2 aliphatic carbocycles. The topological polar surface area (TPSA) is 276 Å². The van der Waals surface area contributed by atoms with Crippen molar-refractivity contribution >= 4 is 52.6 Å². The Morgan fingerprint density at radius 3 is 1.44 bits per heavy atom. The van der Waals surface area contributed by atoms with Gasteiger partial charge in [0.15, 0.2) is 23.0 Å². The number of hydrogen-bond acceptors (Lipinski definition) is 15. The van der Waals surface area contributed by atoms with Gasteiger partial charge in [-0.2, -0.15) is 0 Å². The number of hydrogen-bond donors (Lipinski definition) is 8. The van der Waals surface area contributed by atoms with Crippen LogP contribution < -0.4 is 43.8 Å². The van der Waals surface area contributed by atoms with Gasteiger partial charge in [0.2, 0.25) is 0 Å². The molecule has 4 aromatic rings. The monoisotopic (exact) mass is 867 g/mol. The standard InChI is InChI=1S/C25H37N7O3.C20H29N7O/c1-24(2,3)18-12-9-13-19(30-18)28-17-14-20(31-32-21(17)22(26)33)27-15-10-7-8-11-16(15)29-23(34)35-25(4,5)6;1-20(2,3)15-9-6-10-16(25-15)24-14-11-17(26-27-18(14)19(22)28)23-13-8-5-4-7-12(13)21/h9,12-16H,7-8,10-11H2,1-6H3,(H2,26,33)(H,29,34)(H2,27,28,30,31);6,9-13H,4-5,7-8,21H2,1-3H3,(H2,22,28)(H2,23,24,25,26)/t15-,16+;12-,13+/m10/s1. The molecule has 0 spiro atoms. The van der Waals surface area contributed by atoms with E-state index in [1.807, 2.05) is 57.2 Å². The van der Waals surface area contributed by atoms with E-state index in [0.29, 0.717) is 34.6 Å². The molecule has 0 saturated heterocycles. The van der Waals surface area contributed by atoms with E-state index in [2.05, 4.69) is 98.5 Å². The zero-order valence-corrected chi connectivity index (χ0v) is 38.1. The maximum absolute atomic E-state index is 12.3. The van der Waals surface area contributed by atoms with Crippen LogP contribution in [0.1, 0.15) is 146 Å². The Labute approximate surface area is 370 Å². The molecule has 4 aromatic heterocycles. The highest BCUT2D eigenvalue weighted by molar-refractivity contribution is 5.98. The first kappa shape index (κ1) is 47.9. The van der Waals surface area contributed by atoms with E-state index >= 15 is 0 Å². The normalized spacial score (nSPS) is 19.1. The number of alkyl carbamates (subject to hydrolysis) is 1. The van der Waals surface area contributed by atoms with E-state index in [-0.39, 0.29) is 46.4 Å². The predicted molar refractivity (Wildman–Crippen MR) is 246 cm³/mol. The molecule has 4 heterocycles. The van der Waals surface area contributed by atoms with E-state index in [1.54, 1.807) is 12.1 Å². The fourth-order valence-corrected chi connectivity index (χ4v) is 7.25. The second-order valence-corrected chi connectivity index (χ2v) is 19.3. The Hall–Kier alpha value is -6.17. The Morgan fingerprint density at radius 2 is 1.02 bits per heavy atom. The number of nitrogens with zero attached hydrogens (tertiary/aromatic N) is 6. The molecule has 4 atom stereocenters. The summed E-state index contributed by atoms with van der Waals surface area (Å²) in [5.41, 5.74) is 19.2. The first-order chi connectivity index (χ1) is 29.6. The third-order valence-corrected chi connectivity index (χ3v) is 10.6. The van der Waals surface area contributed by atoms with Gasteiger partial charge in [0.05, 0.1) is 17.4 Å². The van der Waals surface area contributed by atoms with Crippen molar-refractivity contribution in [2.45, 2.75) is 154 Å². The number of primary amides is 2. The maximum atomic E-state index is 12.3. The second kappa shape index (κ2) is 20.3. The lowest BCUT2D eigenvalue weighted by Gasteiger charge is -2.33. The van der Waals surface area contributed by atoms with Crippen LogP contribution in [0, 0.1) is 0 Å². The van der Waals surface area contributed by atoms with Gasteiger partial charge in [0.1, 0.15) is 17.2 Å². The highest BCUT2D eigenvalue weighted by Crippen LogP contribution is 2.29. The predicted octanol–water partition coefficient (Wildman–Crippen LogP) is 6.95. The molecule has 0 radical (unpaired) electrons. The van der Waals surface area contributed by atoms with E-state index in [0.717, 1.165) is 62.8 Å². The van der Waals surface area contributed by atoms with Crippen molar-refractivity contribution < 1.29 is 19.1 Å². The molecule has 2 saturated carbocycles. The number of anilines is 6. The van der Waals surface area contributed by atoms with Crippen molar-refractivity contribution in [3.8, 4) is 0 Å². The Morgan fingerprint density at radius 1 is 0.587 bits per heavy atom. The fraction of sp³-hybridized carbons (Fsp3) is 0.533. The summed E-state index contributed by atoms with van der Waals surface area (Å²) in [4.78, 5) is 45.5. The first-order valence-electron chi connectivity index (χ1n) is 21.7. The summed E-state index contributed by atoms with van der Waals surface area (Å²) in [6.45, 7) is 18.0. The number of ether oxygens (including phenoxy) is 1. The Kier molecular flexibility index (Phi) is 15.5. The number of carbonyl (C=O) groups is 3. The summed E-state index contributed by atoms with van der Waals surface area (Å²) in [6.07, 6.45) is 7.49. The average molecular weight is 867 g/mol. The fourth-order valence-electron chi connectivity index (χ4n) is 7.25. The number of rotatable bonds is 11. The van der Waals surface area contributed by atoms with Crippen molar-refractivity contribution in [1.29, 1.82) is 0 Å². The number of nitrogens with one attached hydrogen (secondary N) is 5. The highest BCUT2D eigenvalue weighted by Gasteiger charge is 2.30. The van der Waals surface area contributed by atoms with E-state index in [9.17, 15) is 14.4 Å². The Balaban J connectivity index is 0.000000243. The molecular weight excluding hydrogens is 801 g/mol. The molecule has 0 unspecified atom stereocenters. The first-order valence-corrected chi connectivity index (χ1v) is 21.7. The molecule has 3 amide bonds. The summed E-state index contributed by atoms with van der Waals surface area (Å²) >= 11 is 0. The van der Waals surface area contributed by atoms with Gasteiger partial charge in [-0.05, 0) is 70.7 Å². The van der Waals surface area contributed by atoms with Gasteiger partial charge >= 0.3 is 6.09 Å². The Bertz CT molecular complexity index is 2220. The third-order valence-electron chi connectivity index (χ3n) is 10.6. The number of aromatic nitrogens is 6. The van der Waals surface area contributed by atoms with E-state index in [1.165, 1.54) is 0 Å². The minimum absolute atomic E-state index is 0.0191. The molecule has 11 N–H and O–H groups in total. The minimum Gasteiger partial charge on any atom is -0.444 e. The highest BCUT2D eigenvalue weighted by atomic mass is 16.6. The maximum Gasteiger partial charge on any atom is 0.407 e. The SMILES string of the molecule is CC(C)(C)OC(=O)N[C@H]1CCCC[C@H]1Nc1cc(Nc2cccc(C(C)(C)C)n2)c(C(N)=O)nn1.CC(C)(C)c1cccc(Nc2cc(N[C@@H]3CCCC[C@@H]3N)nnc2C(N)=O)n1. The summed E-state index contributed by atoms with van der Waals surface area (Å²) < 4.78 is 5.43. The average Bonchev–Trinajstić information content (AvgIpc) is 3.19. The van der Waals surface area contributed by atoms with Crippen LogP contribution in [0.4, 0.5) is 39.4 Å². The smallest absolute Gasteiger partial charge is 0.407 e. The van der Waals surface area contributed by atoms with Crippen LogP contribution in [0.3, 0.4) is 0 Å². The van der Waals surface area contributed by atoms with Crippen LogP contribution in [0.25, 0.3) is 0 Å². The molecule has 0 aliphatic heterocycles. The van der Waals surface area contributed by atoms with Crippen molar-refractivity contribution in [2.75, 3.05) is 21.3 Å². The lowest BCUT2D eigenvalue weighted by atomic mass is 9.90. The number of nitrogens with two attached hydrogens (primary N) is 3. The number of pyridine rings is 2. The van der Waals surface area contributed by atoms with Crippen LogP contribution in [0.5, 0.6) is 0 Å². The molecule has 6 rings (SSSR count). The van der Waals surface area contributed by atoms with Crippen LogP contribution in [0.15, 0.2) is 48.5 Å². The molecule has 340 valence electrons. The lowest BCUT2D eigenvalue weighted by molar-refractivity contribution is 0.0488. The van der Waals surface area contributed by atoms with Gasteiger partial charge in [0, 0.05) is 52.5 Å². The molecule has 18 nitrogen and oxygen atoms in total. The lowest BCUT2D eigenvalue weighted by Crippen LogP contribution is -2.49. The molecule has 2 fully saturated rings. The molecular formula is C45H66N14O4. The van der Waals surface area contributed by atoms with Gasteiger partial charge in [-0.15, -0.1) is 20.4 Å². The van der Waals surface area contributed by atoms with Crippen LogP contribution in [-0.4, -0.2) is 78.0 Å². The second-order valence-electron chi connectivity index (χ2n) is 19.3. The van der Waals surface area contributed by atoms with Gasteiger partial charge in [0.25, 0.3) is 11.8 Å². The summed E-state index contributed by atoms with van der Waals surface area (Å²) in [5.74, 6) is 0.863. The van der Waals surface area contributed by atoms with Crippen molar-refractivity contribution in [3.05, 3.63) is 71.3 Å². The molecule has 63 heavy (non-hydrogen) atoms. The van der Waals surface area contributed by atoms with Crippen LogP contribution in [0.2, 0.25) is 0 Å². The van der Waals surface area contributed by atoms with Crippen molar-refractivity contribution in [2.24, 2.45) is 17.2 Å². The molecule has 0 aromatic carbocycles. The van der Waals surface area contributed by atoms with Gasteiger partial charge < -0.3 is 48.5 Å². The third kappa shape index (κ3) is 14.2. The minimum atomic E-state index is -0.694. The van der Waals surface area contributed by atoms with Gasteiger partial charge in [-0.3, -0.25) is 9.59 Å². The summed E-state index contributed by atoms with van der Waals surface area (Å²) in [5, 5.41) is 32.4. The number of carbonyl (C=O) groups excluding carboxylic acids is 3. The van der Waals surface area contributed by atoms with Crippen LogP contribution >= 0.6 is 0 Å². The molecule has 2 aliphatic rings. The molecule has 18 heteroatoms. The van der Waals surface area contributed by atoms with E-state index in [4.69, 9.17) is 21.9 Å². The van der Waals surface area contributed by atoms with E-state index < -0.39 is 23.5 Å². The zero-order valence-electron chi connectivity index (χ0n) is 38.1. The van der Waals surface area contributed by atoms with Gasteiger partial charge in [-0.1, -0.05) is 79.4 Å².